The van der Waals surface area contributed by atoms with Gasteiger partial charge in [0.15, 0.2) is 11.5 Å². The van der Waals surface area contributed by atoms with E-state index in [-0.39, 0.29) is 0 Å². The summed E-state index contributed by atoms with van der Waals surface area (Å²) in [5.74, 6) is 1.49. The number of hydrogen-bond donors (Lipinski definition) is 1. The van der Waals surface area contributed by atoms with Crippen LogP contribution in [0.5, 0.6) is 0 Å². The number of hydrogen-bond acceptors (Lipinski definition) is 4. The zero-order chi connectivity index (χ0) is 11.8. The summed E-state index contributed by atoms with van der Waals surface area (Å²) >= 11 is 0. The van der Waals surface area contributed by atoms with Crippen LogP contribution in [0.3, 0.4) is 0 Å². The lowest BCUT2D eigenvalue weighted by Crippen LogP contribution is -2.05. The van der Waals surface area contributed by atoms with Gasteiger partial charge in [-0.15, -0.1) is 0 Å². The van der Waals surface area contributed by atoms with Gasteiger partial charge in [0.05, 0.1) is 11.9 Å². The molecule has 0 bridgehead atoms. The monoisotopic (exact) mass is 228 g/mol. The highest BCUT2D eigenvalue weighted by Crippen LogP contribution is 2.15. The third-order valence-corrected chi connectivity index (χ3v) is 2.55. The van der Waals surface area contributed by atoms with Crippen LogP contribution in [0.4, 0.5) is 5.82 Å². The Hall–Kier alpha value is -2.37. The van der Waals surface area contributed by atoms with Crippen molar-refractivity contribution in [1.82, 2.24) is 24.1 Å². The van der Waals surface area contributed by atoms with Crippen molar-refractivity contribution < 1.29 is 0 Å². The van der Waals surface area contributed by atoms with Gasteiger partial charge in [-0.05, 0) is 13.0 Å². The molecule has 86 valence electrons. The van der Waals surface area contributed by atoms with Crippen LogP contribution in [-0.4, -0.2) is 31.2 Å². The maximum absolute atomic E-state index is 4.48. The number of anilines is 1. The molecule has 3 heterocycles. The first-order chi connectivity index (χ1) is 8.28. The molecule has 0 aliphatic rings. The summed E-state index contributed by atoms with van der Waals surface area (Å²) in [7, 11) is 1.84. The molecule has 0 saturated heterocycles. The molecule has 3 aromatic heterocycles. The van der Waals surface area contributed by atoms with Crippen molar-refractivity contribution in [2.24, 2.45) is 0 Å². The molecule has 0 spiro atoms. The SMILES string of the molecule is CNc1cn2ccnc2c(-n2ccc(C)n2)n1. The van der Waals surface area contributed by atoms with Crippen LogP contribution in [-0.2, 0) is 0 Å². The Morgan fingerprint density at radius 1 is 1.29 bits per heavy atom. The van der Waals surface area contributed by atoms with Gasteiger partial charge < -0.3 is 9.72 Å². The van der Waals surface area contributed by atoms with Crippen molar-refractivity contribution in [1.29, 1.82) is 0 Å². The fourth-order valence-corrected chi connectivity index (χ4v) is 1.72. The predicted molar refractivity (Wildman–Crippen MR) is 64.4 cm³/mol. The van der Waals surface area contributed by atoms with Crippen LogP contribution >= 0.6 is 0 Å². The average Bonchev–Trinajstić information content (AvgIpc) is 2.95. The lowest BCUT2D eigenvalue weighted by atomic mass is 10.5. The smallest absolute Gasteiger partial charge is 0.199 e. The van der Waals surface area contributed by atoms with Crippen LogP contribution in [0.1, 0.15) is 5.69 Å². The maximum atomic E-state index is 4.48. The number of aromatic nitrogens is 5. The third kappa shape index (κ3) is 1.54. The molecule has 3 rings (SSSR count). The number of nitrogens with zero attached hydrogens (tertiary/aromatic N) is 5. The zero-order valence-corrected chi connectivity index (χ0v) is 9.62. The highest BCUT2D eigenvalue weighted by atomic mass is 15.3. The highest BCUT2D eigenvalue weighted by molar-refractivity contribution is 5.57. The molecule has 0 fully saturated rings. The summed E-state index contributed by atoms with van der Waals surface area (Å²) in [4.78, 5) is 8.77. The van der Waals surface area contributed by atoms with Crippen molar-refractivity contribution in [3.63, 3.8) is 0 Å². The highest BCUT2D eigenvalue weighted by Gasteiger charge is 2.09. The van der Waals surface area contributed by atoms with E-state index in [0.717, 1.165) is 23.0 Å². The second-order valence-corrected chi connectivity index (χ2v) is 3.76. The molecule has 6 heteroatoms. The van der Waals surface area contributed by atoms with Gasteiger partial charge in [-0.2, -0.15) is 5.10 Å². The first kappa shape index (κ1) is 9.83. The molecule has 0 aromatic carbocycles. The van der Waals surface area contributed by atoms with Gasteiger partial charge in [-0.3, -0.25) is 0 Å². The van der Waals surface area contributed by atoms with Crippen molar-refractivity contribution in [2.75, 3.05) is 12.4 Å². The van der Waals surface area contributed by atoms with Crippen molar-refractivity contribution in [3.8, 4) is 5.82 Å². The molecule has 0 aliphatic heterocycles. The quantitative estimate of drug-likeness (QED) is 0.717. The Morgan fingerprint density at radius 2 is 2.18 bits per heavy atom. The number of imidazole rings is 1. The van der Waals surface area contributed by atoms with Gasteiger partial charge >= 0.3 is 0 Å². The fourth-order valence-electron chi connectivity index (χ4n) is 1.72. The van der Waals surface area contributed by atoms with Crippen molar-refractivity contribution in [2.45, 2.75) is 6.92 Å². The summed E-state index contributed by atoms with van der Waals surface area (Å²) in [6.07, 6.45) is 7.40. The van der Waals surface area contributed by atoms with Crippen LogP contribution in [0.25, 0.3) is 11.5 Å². The van der Waals surface area contributed by atoms with Crippen molar-refractivity contribution >= 4 is 11.5 Å². The Labute approximate surface area is 97.9 Å². The molecule has 3 aromatic rings. The minimum atomic E-state index is 0.718. The molecule has 0 atom stereocenters. The van der Waals surface area contributed by atoms with Gasteiger partial charge in [0.25, 0.3) is 0 Å². The largest absolute Gasteiger partial charge is 0.372 e. The van der Waals surface area contributed by atoms with E-state index in [0.29, 0.717) is 0 Å². The number of nitrogens with one attached hydrogen (secondary N) is 1. The molecular weight excluding hydrogens is 216 g/mol. The third-order valence-electron chi connectivity index (χ3n) is 2.55. The molecule has 0 amide bonds. The maximum Gasteiger partial charge on any atom is 0.199 e. The van der Waals surface area contributed by atoms with Crippen LogP contribution in [0.15, 0.2) is 30.9 Å². The van der Waals surface area contributed by atoms with E-state index in [4.69, 9.17) is 0 Å². The average molecular weight is 228 g/mol. The molecule has 1 N–H and O–H groups in total. The van der Waals surface area contributed by atoms with E-state index in [1.165, 1.54) is 0 Å². The number of fused-ring (bicyclic) bond motifs is 1. The standard InChI is InChI=1S/C11H12N6/c1-8-3-5-17(15-8)11-10-13-4-6-16(10)7-9(12-2)14-11/h3-7,12H,1-2H3. The normalized spacial score (nSPS) is 10.9. The summed E-state index contributed by atoms with van der Waals surface area (Å²) in [5.41, 5.74) is 1.73. The van der Waals surface area contributed by atoms with Crippen LogP contribution in [0, 0.1) is 6.92 Å². The minimum Gasteiger partial charge on any atom is -0.372 e. The Morgan fingerprint density at radius 3 is 2.88 bits per heavy atom. The predicted octanol–water partition coefficient (Wildman–Crippen LogP) is 1.27. The molecule has 0 aliphatic carbocycles. The van der Waals surface area contributed by atoms with E-state index in [1.807, 2.05) is 43.0 Å². The first-order valence-corrected chi connectivity index (χ1v) is 5.32. The Bertz CT molecular complexity index is 665. The summed E-state index contributed by atoms with van der Waals surface area (Å²) in [6, 6.07) is 1.94. The van der Waals surface area contributed by atoms with E-state index < -0.39 is 0 Å². The van der Waals surface area contributed by atoms with Crippen LogP contribution < -0.4 is 5.32 Å². The molecule has 6 nitrogen and oxygen atoms in total. The van der Waals surface area contributed by atoms with Gasteiger partial charge in [-0.1, -0.05) is 0 Å². The van der Waals surface area contributed by atoms with Gasteiger partial charge in [0.1, 0.15) is 5.82 Å². The summed E-state index contributed by atoms with van der Waals surface area (Å²) in [6.45, 7) is 1.95. The fraction of sp³-hybridized carbons (Fsp3) is 0.182. The summed E-state index contributed by atoms with van der Waals surface area (Å²) < 4.78 is 3.66. The molecule has 17 heavy (non-hydrogen) atoms. The number of rotatable bonds is 2. The van der Waals surface area contributed by atoms with Gasteiger partial charge in [0.2, 0.25) is 0 Å². The van der Waals surface area contributed by atoms with E-state index in [2.05, 4.69) is 20.4 Å². The van der Waals surface area contributed by atoms with Gasteiger partial charge in [-0.25, -0.2) is 14.6 Å². The Balaban J connectivity index is 2.29. The van der Waals surface area contributed by atoms with E-state index >= 15 is 0 Å². The van der Waals surface area contributed by atoms with Crippen LogP contribution in [0.2, 0.25) is 0 Å². The molecule has 0 unspecified atom stereocenters. The first-order valence-electron chi connectivity index (χ1n) is 5.32. The molecule has 0 radical (unpaired) electrons. The lowest BCUT2D eigenvalue weighted by Gasteiger charge is -2.06. The second kappa shape index (κ2) is 3.58. The lowest BCUT2D eigenvalue weighted by molar-refractivity contribution is 0.829. The zero-order valence-electron chi connectivity index (χ0n) is 9.62. The van der Waals surface area contributed by atoms with E-state index in [1.54, 1.807) is 10.9 Å². The minimum absolute atomic E-state index is 0.718. The molecular formula is C11H12N6. The second-order valence-electron chi connectivity index (χ2n) is 3.76. The number of aryl methyl sites for hydroxylation is 1. The topological polar surface area (TPSA) is 60.0 Å². The van der Waals surface area contributed by atoms with E-state index in [9.17, 15) is 0 Å². The molecule has 0 saturated carbocycles. The van der Waals surface area contributed by atoms with Crippen molar-refractivity contribution in [3.05, 3.63) is 36.5 Å². The Kier molecular flexibility index (Phi) is 2.07. The van der Waals surface area contributed by atoms with Gasteiger partial charge in [0, 0.05) is 25.6 Å². The summed E-state index contributed by atoms with van der Waals surface area (Å²) in [5, 5.41) is 7.38.